The third-order valence-corrected chi connectivity index (χ3v) is 3.49. The van der Waals surface area contributed by atoms with Crippen LogP contribution in [-0.2, 0) is 10.5 Å². The van der Waals surface area contributed by atoms with Crippen molar-refractivity contribution in [2.75, 3.05) is 12.3 Å². The molecule has 1 rings (SSSR count). The van der Waals surface area contributed by atoms with E-state index in [1.807, 2.05) is 13.0 Å². The van der Waals surface area contributed by atoms with Crippen LogP contribution in [0.4, 0.5) is 0 Å². The summed E-state index contributed by atoms with van der Waals surface area (Å²) in [6.45, 7) is 4.66. The molecule has 0 saturated carbocycles. The van der Waals surface area contributed by atoms with Crippen LogP contribution in [0, 0.1) is 6.92 Å². The lowest BCUT2D eigenvalue weighted by Crippen LogP contribution is -2.38. The van der Waals surface area contributed by atoms with Crippen molar-refractivity contribution in [3.05, 3.63) is 35.4 Å². The Morgan fingerprint density at radius 2 is 2.29 bits per heavy atom. The van der Waals surface area contributed by atoms with Gasteiger partial charge in [-0.05, 0) is 19.0 Å². The molecular formula is C13H19NO2S. The summed E-state index contributed by atoms with van der Waals surface area (Å²) in [6.07, 6.45) is 0. The first-order valence-corrected chi connectivity index (χ1v) is 6.88. The van der Waals surface area contributed by atoms with E-state index in [-0.39, 0.29) is 0 Å². The molecule has 0 heterocycles. The second kappa shape index (κ2) is 7.35. The lowest BCUT2D eigenvalue weighted by atomic mass is 10.2. The van der Waals surface area contributed by atoms with Crippen LogP contribution in [0.3, 0.4) is 0 Å². The van der Waals surface area contributed by atoms with E-state index in [9.17, 15) is 4.79 Å². The minimum Gasteiger partial charge on any atom is -0.480 e. The Bertz CT molecular complexity index is 368. The molecule has 0 bridgehead atoms. The number of nitrogens with one attached hydrogen (secondary N) is 1. The maximum Gasteiger partial charge on any atom is 0.321 e. The van der Waals surface area contributed by atoms with Gasteiger partial charge in [0.15, 0.2) is 0 Å². The van der Waals surface area contributed by atoms with Gasteiger partial charge >= 0.3 is 5.97 Å². The van der Waals surface area contributed by atoms with Crippen molar-refractivity contribution >= 4 is 17.7 Å². The van der Waals surface area contributed by atoms with Gasteiger partial charge in [-0.15, -0.1) is 0 Å². The first kappa shape index (κ1) is 14.1. The number of aryl methyl sites for hydroxylation is 1. The van der Waals surface area contributed by atoms with Crippen LogP contribution in [0.2, 0.25) is 0 Å². The average molecular weight is 253 g/mol. The largest absolute Gasteiger partial charge is 0.480 e. The van der Waals surface area contributed by atoms with E-state index in [0.717, 1.165) is 5.75 Å². The van der Waals surface area contributed by atoms with Gasteiger partial charge in [0, 0.05) is 11.5 Å². The minimum atomic E-state index is -0.774. The average Bonchev–Trinajstić information content (AvgIpc) is 2.28. The number of benzene rings is 1. The van der Waals surface area contributed by atoms with Crippen molar-refractivity contribution in [2.45, 2.75) is 25.6 Å². The Morgan fingerprint density at radius 3 is 2.88 bits per heavy atom. The normalized spacial score (nSPS) is 12.4. The number of carboxylic acid groups (broad SMARTS) is 1. The molecule has 0 spiro atoms. The minimum absolute atomic E-state index is 0.449. The van der Waals surface area contributed by atoms with Crippen LogP contribution in [0.15, 0.2) is 24.3 Å². The highest BCUT2D eigenvalue weighted by Crippen LogP contribution is 2.14. The first-order valence-electron chi connectivity index (χ1n) is 5.73. The predicted molar refractivity (Wildman–Crippen MR) is 72.4 cm³/mol. The van der Waals surface area contributed by atoms with E-state index in [4.69, 9.17) is 5.11 Å². The zero-order valence-electron chi connectivity index (χ0n) is 10.3. The molecule has 1 aromatic rings. The maximum absolute atomic E-state index is 10.9. The highest BCUT2D eigenvalue weighted by atomic mass is 32.2. The summed E-state index contributed by atoms with van der Waals surface area (Å²) in [5, 5.41) is 11.9. The molecule has 0 fully saturated rings. The second-order valence-corrected chi connectivity index (χ2v) is 4.98. The van der Waals surface area contributed by atoms with Crippen LogP contribution in [0.5, 0.6) is 0 Å². The van der Waals surface area contributed by atoms with Gasteiger partial charge in [0.2, 0.25) is 0 Å². The van der Waals surface area contributed by atoms with Gasteiger partial charge in [-0.3, -0.25) is 4.79 Å². The number of hydrogen-bond donors (Lipinski definition) is 2. The fourth-order valence-electron chi connectivity index (χ4n) is 1.56. The molecule has 0 radical (unpaired) electrons. The second-order valence-electron chi connectivity index (χ2n) is 3.95. The van der Waals surface area contributed by atoms with Gasteiger partial charge in [0.1, 0.15) is 6.04 Å². The molecule has 0 amide bonds. The number of aliphatic carboxylic acids is 1. The van der Waals surface area contributed by atoms with Gasteiger partial charge in [-0.2, -0.15) is 11.8 Å². The lowest BCUT2D eigenvalue weighted by Gasteiger charge is -2.12. The molecule has 1 atom stereocenters. The standard InChI is InChI=1S/C13H19NO2S/c1-3-14-12(13(15)16)9-17-8-11-6-4-5-10(2)7-11/h4-7,12,14H,3,8-9H2,1-2H3,(H,15,16). The van der Waals surface area contributed by atoms with Crippen molar-refractivity contribution in [3.8, 4) is 0 Å². The first-order chi connectivity index (χ1) is 8.13. The molecule has 4 heteroatoms. The number of rotatable bonds is 7. The Morgan fingerprint density at radius 1 is 1.53 bits per heavy atom. The zero-order valence-corrected chi connectivity index (χ0v) is 11.1. The summed E-state index contributed by atoms with van der Waals surface area (Å²) in [5.74, 6) is 0.678. The smallest absolute Gasteiger partial charge is 0.321 e. The molecule has 0 aliphatic carbocycles. The molecule has 1 aromatic carbocycles. The fraction of sp³-hybridized carbons (Fsp3) is 0.462. The van der Waals surface area contributed by atoms with E-state index >= 15 is 0 Å². The third kappa shape index (κ3) is 5.24. The molecule has 0 saturated heterocycles. The van der Waals surface area contributed by atoms with Crippen molar-refractivity contribution in [2.24, 2.45) is 0 Å². The summed E-state index contributed by atoms with van der Waals surface area (Å²) in [6, 6.07) is 7.85. The Hall–Kier alpha value is -1.00. The van der Waals surface area contributed by atoms with E-state index < -0.39 is 12.0 Å². The number of likely N-dealkylation sites (N-methyl/N-ethyl adjacent to an activating group) is 1. The molecule has 0 aromatic heterocycles. The molecule has 3 nitrogen and oxygen atoms in total. The molecule has 1 unspecified atom stereocenters. The van der Waals surface area contributed by atoms with Crippen LogP contribution >= 0.6 is 11.8 Å². The van der Waals surface area contributed by atoms with Crippen LogP contribution in [0.25, 0.3) is 0 Å². The van der Waals surface area contributed by atoms with E-state index in [1.54, 1.807) is 11.8 Å². The summed E-state index contributed by atoms with van der Waals surface area (Å²) in [5.41, 5.74) is 2.49. The zero-order chi connectivity index (χ0) is 12.7. The van der Waals surface area contributed by atoms with Gasteiger partial charge in [0.05, 0.1) is 0 Å². The summed E-state index contributed by atoms with van der Waals surface area (Å²) < 4.78 is 0. The fourth-order valence-corrected chi connectivity index (χ4v) is 2.59. The van der Waals surface area contributed by atoms with Gasteiger partial charge in [-0.25, -0.2) is 0 Å². The van der Waals surface area contributed by atoms with E-state index in [1.165, 1.54) is 11.1 Å². The van der Waals surface area contributed by atoms with E-state index in [0.29, 0.717) is 12.3 Å². The summed E-state index contributed by atoms with van der Waals surface area (Å²) >= 11 is 1.65. The van der Waals surface area contributed by atoms with E-state index in [2.05, 4.69) is 30.4 Å². The predicted octanol–water partition coefficient (Wildman–Crippen LogP) is 2.29. The molecule has 0 aliphatic rings. The monoisotopic (exact) mass is 253 g/mol. The van der Waals surface area contributed by atoms with Gasteiger partial charge in [-0.1, -0.05) is 36.8 Å². The van der Waals surface area contributed by atoms with Crippen LogP contribution < -0.4 is 5.32 Å². The summed E-state index contributed by atoms with van der Waals surface area (Å²) in [7, 11) is 0. The highest BCUT2D eigenvalue weighted by Gasteiger charge is 2.15. The highest BCUT2D eigenvalue weighted by molar-refractivity contribution is 7.98. The van der Waals surface area contributed by atoms with Crippen molar-refractivity contribution in [3.63, 3.8) is 0 Å². The van der Waals surface area contributed by atoms with Crippen LogP contribution in [-0.4, -0.2) is 29.4 Å². The number of carbonyl (C=O) groups is 1. The third-order valence-electron chi connectivity index (χ3n) is 2.38. The number of carboxylic acids is 1. The van der Waals surface area contributed by atoms with Gasteiger partial charge in [0.25, 0.3) is 0 Å². The molecule has 94 valence electrons. The number of hydrogen-bond acceptors (Lipinski definition) is 3. The topological polar surface area (TPSA) is 49.3 Å². The number of thioether (sulfide) groups is 1. The molecule has 2 N–H and O–H groups in total. The quantitative estimate of drug-likeness (QED) is 0.783. The van der Waals surface area contributed by atoms with Gasteiger partial charge < -0.3 is 10.4 Å². The molecule has 17 heavy (non-hydrogen) atoms. The molecule has 0 aliphatic heterocycles. The summed E-state index contributed by atoms with van der Waals surface area (Å²) in [4.78, 5) is 10.9. The van der Waals surface area contributed by atoms with Crippen molar-refractivity contribution in [1.82, 2.24) is 5.32 Å². The Kier molecular flexibility index (Phi) is 6.08. The Balaban J connectivity index is 2.38. The maximum atomic E-state index is 10.9. The molecular weight excluding hydrogens is 234 g/mol. The van der Waals surface area contributed by atoms with Crippen molar-refractivity contribution in [1.29, 1.82) is 0 Å². The lowest BCUT2D eigenvalue weighted by molar-refractivity contribution is -0.138. The van der Waals surface area contributed by atoms with Crippen LogP contribution in [0.1, 0.15) is 18.1 Å². The Labute approximate surface area is 107 Å². The van der Waals surface area contributed by atoms with Crippen molar-refractivity contribution < 1.29 is 9.90 Å². The SMILES string of the molecule is CCNC(CSCc1cccc(C)c1)C(=O)O.